The molecule has 3 aromatic rings. The maximum absolute atomic E-state index is 6.09. The predicted octanol–water partition coefficient (Wildman–Crippen LogP) is 3.21. The second-order valence-electron chi connectivity index (χ2n) is 4.54. The minimum Gasteiger partial charge on any atom is -0.382 e. The fraction of sp³-hybridized carbons (Fsp3) is 0.267. The van der Waals surface area contributed by atoms with Crippen LogP contribution in [0, 0.1) is 0 Å². The number of benzene rings is 1. The van der Waals surface area contributed by atoms with Crippen molar-refractivity contribution in [2.45, 2.75) is 25.5 Å². The van der Waals surface area contributed by atoms with E-state index in [1.54, 1.807) is 11.8 Å². The van der Waals surface area contributed by atoms with Crippen molar-refractivity contribution >= 4 is 28.7 Å². The molecule has 0 spiro atoms. The largest absolute Gasteiger partial charge is 0.382 e. The highest BCUT2D eigenvalue weighted by Gasteiger charge is 2.16. The molecule has 5 nitrogen and oxygen atoms in total. The number of aryl methyl sites for hydroxylation is 1. The number of nitrogens with two attached hydrogens (primary N) is 1. The van der Waals surface area contributed by atoms with Gasteiger partial charge in [0.2, 0.25) is 0 Å². The van der Waals surface area contributed by atoms with Crippen molar-refractivity contribution in [1.82, 2.24) is 19.5 Å². The quantitative estimate of drug-likeness (QED) is 0.749. The Labute approximate surface area is 127 Å². The molecule has 108 valence electrons. The van der Waals surface area contributed by atoms with Gasteiger partial charge in [0.05, 0.1) is 0 Å². The highest BCUT2D eigenvalue weighted by Crippen LogP contribution is 2.27. The van der Waals surface area contributed by atoms with Crippen LogP contribution in [0.2, 0.25) is 0 Å². The van der Waals surface area contributed by atoms with Gasteiger partial charge in [-0.1, -0.05) is 49.0 Å². The molecule has 0 atom stereocenters. The lowest BCUT2D eigenvalue weighted by Gasteiger charge is -2.05. The third-order valence-corrected chi connectivity index (χ3v) is 4.07. The molecule has 1 aromatic carbocycles. The summed E-state index contributed by atoms with van der Waals surface area (Å²) in [4.78, 5) is 13.7. The van der Waals surface area contributed by atoms with E-state index in [-0.39, 0.29) is 0 Å². The van der Waals surface area contributed by atoms with Gasteiger partial charge < -0.3 is 10.3 Å². The fourth-order valence-electron chi connectivity index (χ4n) is 2.24. The second-order valence-corrected chi connectivity index (χ2v) is 5.77. The fourth-order valence-corrected chi connectivity index (χ4v) is 3.03. The first-order valence-corrected chi connectivity index (χ1v) is 7.95. The van der Waals surface area contributed by atoms with E-state index < -0.39 is 0 Å². The van der Waals surface area contributed by atoms with Gasteiger partial charge in [-0.05, 0) is 12.7 Å². The maximum Gasteiger partial charge on any atom is 0.170 e. The van der Waals surface area contributed by atoms with Crippen LogP contribution in [0.4, 0.5) is 5.82 Å². The topological polar surface area (TPSA) is 69.6 Å². The van der Waals surface area contributed by atoms with Crippen LogP contribution in [0.1, 0.15) is 13.8 Å². The summed E-state index contributed by atoms with van der Waals surface area (Å²) in [6.45, 7) is 5.00. The van der Waals surface area contributed by atoms with Crippen LogP contribution >= 0.6 is 11.8 Å². The van der Waals surface area contributed by atoms with E-state index in [1.807, 2.05) is 30.3 Å². The lowest BCUT2D eigenvalue weighted by atomic mass is 10.2. The number of nitrogen functional groups attached to an aromatic ring is 1. The number of nitrogens with zero attached hydrogens (tertiary/aromatic N) is 4. The number of thioether (sulfide) groups is 1. The molecule has 3 rings (SSSR count). The molecular weight excluding hydrogens is 282 g/mol. The lowest BCUT2D eigenvalue weighted by molar-refractivity contribution is 0.696. The molecule has 0 fully saturated rings. The molecule has 0 bridgehead atoms. The molecule has 0 unspecified atom stereocenters. The molecule has 6 heteroatoms. The molecular formula is C15H17N5S. The van der Waals surface area contributed by atoms with Gasteiger partial charge in [-0.15, -0.1) is 0 Å². The Kier molecular flexibility index (Phi) is 3.79. The summed E-state index contributed by atoms with van der Waals surface area (Å²) in [6, 6.07) is 9.87. The van der Waals surface area contributed by atoms with Crippen molar-refractivity contribution in [1.29, 1.82) is 0 Å². The minimum absolute atomic E-state index is 0.434. The molecule has 0 saturated heterocycles. The standard InChI is InChI=1S/C15H17N5S/c1-3-20-14-11(17-15(20)21-4-2)12(16)18-13(19-14)10-8-6-5-7-9-10/h5-9H,3-4H2,1-2H3,(H2,16,18,19). The van der Waals surface area contributed by atoms with Crippen LogP contribution in [0.15, 0.2) is 35.5 Å². The summed E-state index contributed by atoms with van der Waals surface area (Å²) in [5.41, 5.74) is 8.54. The molecule has 2 heterocycles. The van der Waals surface area contributed by atoms with E-state index in [0.717, 1.165) is 28.7 Å². The van der Waals surface area contributed by atoms with Crippen LogP contribution < -0.4 is 5.73 Å². The van der Waals surface area contributed by atoms with Gasteiger partial charge in [-0.3, -0.25) is 0 Å². The molecule has 21 heavy (non-hydrogen) atoms. The van der Waals surface area contributed by atoms with Gasteiger partial charge in [0.15, 0.2) is 28.0 Å². The van der Waals surface area contributed by atoms with Crippen LogP contribution in [0.3, 0.4) is 0 Å². The Morgan fingerprint density at radius 2 is 1.86 bits per heavy atom. The number of hydrogen-bond donors (Lipinski definition) is 1. The van der Waals surface area contributed by atoms with Crippen LogP contribution in [-0.4, -0.2) is 25.3 Å². The smallest absolute Gasteiger partial charge is 0.170 e. The van der Waals surface area contributed by atoms with E-state index in [0.29, 0.717) is 17.2 Å². The van der Waals surface area contributed by atoms with Gasteiger partial charge in [-0.2, -0.15) is 0 Å². The monoisotopic (exact) mass is 299 g/mol. The summed E-state index contributed by atoms with van der Waals surface area (Å²) in [6.07, 6.45) is 0. The molecule has 0 radical (unpaired) electrons. The zero-order chi connectivity index (χ0) is 14.8. The van der Waals surface area contributed by atoms with Gasteiger partial charge >= 0.3 is 0 Å². The summed E-state index contributed by atoms with van der Waals surface area (Å²) in [5, 5.41) is 0.946. The van der Waals surface area contributed by atoms with Crippen LogP contribution in [0.5, 0.6) is 0 Å². The predicted molar refractivity (Wildman–Crippen MR) is 87.2 cm³/mol. The SMILES string of the molecule is CCSc1nc2c(N)nc(-c3ccccc3)nc2n1CC. The van der Waals surface area contributed by atoms with Crippen molar-refractivity contribution < 1.29 is 0 Å². The lowest BCUT2D eigenvalue weighted by Crippen LogP contribution is -2.01. The van der Waals surface area contributed by atoms with Crippen molar-refractivity contribution in [3.63, 3.8) is 0 Å². The number of anilines is 1. The number of rotatable bonds is 4. The number of aromatic nitrogens is 4. The van der Waals surface area contributed by atoms with Gasteiger partial charge in [-0.25, -0.2) is 15.0 Å². The highest BCUT2D eigenvalue weighted by molar-refractivity contribution is 7.99. The van der Waals surface area contributed by atoms with Crippen molar-refractivity contribution in [3.05, 3.63) is 30.3 Å². The Balaban J connectivity index is 2.23. The average Bonchev–Trinajstić information content (AvgIpc) is 2.86. The third kappa shape index (κ3) is 2.47. The van der Waals surface area contributed by atoms with Crippen LogP contribution in [-0.2, 0) is 6.54 Å². The third-order valence-electron chi connectivity index (χ3n) is 3.21. The number of fused-ring (bicyclic) bond motifs is 1. The second kappa shape index (κ2) is 5.73. The summed E-state index contributed by atoms with van der Waals surface area (Å²) in [5.74, 6) is 2.04. The molecule has 2 N–H and O–H groups in total. The van der Waals surface area contributed by atoms with Crippen LogP contribution in [0.25, 0.3) is 22.6 Å². The Hall–Kier alpha value is -2.08. The zero-order valence-electron chi connectivity index (χ0n) is 12.1. The average molecular weight is 299 g/mol. The molecule has 0 amide bonds. The molecule has 0 saturated carbocycles. The van der Waals surface area contributed by atoms with E-state index in [9.17, 15) is 0 Å². The Morgan fingerprint density at radius 3 is 2.52 bits per heavy atom. The first-order valence-electron chi connectivity index (χ1n) is 6.96. The normalized spacial score (nSPS) is 11.1. The van der Waals surface area contributed by atoms with Crippen molar-refractivity contribution in [2.75, 3.05) is 11.5 Å². The molecule has 0 aliphatic heterocycles. The summed E-state index contributed by atoms with van der Waals surface area (Å²) in [7, 11) is 0. The first kappa shape index (κ1) is 13.9. The van der Waals surface area contributed by atoms with Gasteiger partial charge in [0.1, 0.15) is 0 Å². The minimum atomic E-state index is 0.434. The van der Waals surface area contributed by atoms with E-state index in [4.69, 9.17) is 5.73 Å². The van der Waals surface area contributed by atoms with Gasteiger partial charge in [0.25, 0.3) is 0 Å². The Morgan fingerprint density at radius 1 is 1.10 bits per heavy atom. The van der Waals surface area contributed by atoms with Gasteiger partial charge in [0, 0.05) is 12.1 Å². The summed E-state index contributed by atoms with van der Waals surface area (Å²) < 4.78 is 2.09. The first-order chi connectivity index (χ1) is 10.2. The molecule has 0 aliphatic rings. The van der Waals surface area contributed by atoms with Crippen molar-refractivity contribution in [2.24, 2.45) is 0 Å². The number of imidazole rings is 1. The van der Waals surface area contributed by atoms with E-state index >= 15 is 0 Å². The van der Waals surface area contributed by atoms with Crippen molar-refractivity contribution in [3.8, 4) is 11.4 Å². The maximum atomic E-state index is 6.09. The Bertz CT molecular complexity index is 767. The molecule has 0 aliphatic carbocycles. The zero-order valence-corrected chi connectivity index (χ0v) is 12.9. The summed E-state index contributed by atoms with van der Waals surface area (Å²) >= 11 is 1.69. The highest BCUT2D eigenvalue weighted by atomic mass is 32.2. The number of hydrogen-bond acceptors (Lipinski definition) is 5. The molecule has 2 aromatic heterocycles. The van der Waals surface area contributed by atoms with E-state index in [1.165, 1.54) is 0 Å². The van der Waals surface area contributed by atoms with E-state index in [2.05, 4.69) is 33.4 Å².